The van der Waals surface area contributed by atoms with E-state index < -0.39 is 17.3 Å². The van der Waals surface area contributed by atoms with Crippen molar-refractivity contribution in [1.82, 2.24) is 5.32 Å². The number of hydrogen-bond acceptors (Lipinski definition) is 5. The average Bonchev–Trinajstić information content (AvgIpc) is 3.22. The summed E-state index contributed by atoms with van der Waals surface area (Å²) in [6.07, 6.45) is -4.32. The van der Waals surface area contributed by atoms with Crippen LogP contribution in [0.2, 0.25) is 5.02 Å². The minimum Gasteiger partial charge on any atom is -0.396 e. The van der Waals surface area contributed by atoms with Crippen molar-refractivity contribution >= 4 is 23.1 Å². The molecule has 1 aliphatic heterocycles. The van der Waals surface area contributed by atoms with Gasteiger partial charge in [-0.15, -0.1) is 0 Å². The Bertz CT molecular complexity index is 998. The van der Waals surface area contributed by atoms with Crippen LogP contribution in [0.5, 0.6) is 0 Å². The molecule has 0 aliphatic carbocycles. The summed E-state index contributed by atoms with van der Waals surface area (Å²) in [5, 5.41) is 21.8. The van der Waals surface area contributed by atoms with Gasteiger partial charge in [-0.3, -0.25) is 4.79 Å². The van der Waals surface area contributed by atoms with Crippen LogP contribution in [0.15, 0.2) is 42.5 Å². The van der Waals surface area contributed by atoms with Crippen molar-refractivity contribution in [3.8, 4) is 6.07 Å². The predicted octanol–water partition coefficient (Wildman–Crippen LogP) is 3.92. The molecule has 0 saturated carbocycles. The van der Waals surface area contributed by atoms with Crippen LogP contribution in [0.25, 0.3) is 0 Å². The lowest BCUT2D eigenvalue weighted by atomic mass is 9.87. The second-order valence-electron chi connectivity index (χ2n) is 7.37. The summed E-state index contributed by atoms with van der Waals surface area (Å²) in [4.78, 5) is 14.7. The molecule has 9 heteroatoms. The van der Waals surface area contributed by atoms with E-state index >= 15 is 0 Å². The van der Waals surface area contributed by atoms with Gasteiger partial charge in [0.1, 0.15) is 11.6 Å². The topological polar surface area (TPSA) is 76.4 Å². The summed E-state index contributed by atoms with van der Waals surface area (Å²) in [6, 6.07) is 11.7. The van der Waals surface area contributed by atoms with Gasteiger partial charge in [-0.2, -0.15) is 18.4 Å². The zero-order chi connectivity index (χ0) is 22.6. The molecular weight excluding hydrogens is 431 g/mol. The van der Waals surface area contributed by atoms with Crippen LogP contribution in [-0.2, 0) is 17.5 Å². The van der Waals surface area contributed by atoms with Crippen LogP contribution in [0.3, 0.4) is 0 Å². The number of aliphatic hydroxyl groups is 1. The van der Waals surface area contributed by atoms with Crippen LogP contribution >= 0.6 is 11.6 Å². The number of carbonyl (C=O) groups excluding carboxylic acids is 1. The number of alkyl halides is 3. The molecule has 2 aromatic rings. The van der Waals surface area contributed by atoms with Crippen LogP contribution in [-0.4, -0.2) is 36.1 Å². The van der Waals surface area contributed by atoms with Gasteiger partial charge < -0.3 is 15.3 Å². The highest BCUT2D eigenvalue weighted by Crippen LogP contribution is 2.38. The third-order valence-electron chi connectivity index (χ3n) is 5.54. The Kier molecular flexibility index (Phi) is 6.90. The highest BCUT2D eigenvalue weighted by Gasteiger charge is 2.46. The van der Waals surface area contributed by atoms with Gasteiger partial charge in [-0.05, 0) is 42.8 Å². The number of aliphatic hydroxyl groups excluding tert-OH is 1. The first kappa shape index (κ1) is 23.1. The fourth-order valence-corrected chi connectivity index (χ4v) is 4.21. The molecule has 0 spiro atoms. The van der Waals surface area contributed by atoms with Gasteiger partial charge in [0.15, 0.2) is 5.78 Å². The first-order chi connectivity index (χ1) is 14.7. The first-order valence-corrected chi connectivity index (χ1v) is 10.1. The average molecular weight is 452 g/mol. The molecule has 0 aromatic heterocycles. The van der Waals surface area contributed by atoms with E-state index in [4.69, 9.17) is 16.9 Å². The molecule has 2 aromatic carbocycles. The number of nitrogens with zero attached hydrogens (tertiary/aromatic N) is 2. The minimum atomic E-state index is -4.55. The number of nitrogens with one attached hydrogen (secondary N) is 1. The molecule has 1 heterocycles. The van der Waals surface area contributed by atoms with E-state index in [0.29, 0.717) is 18.7 Å². The molecule has 31 heavy (non-hydrogen) atoms. The van der Waals surface area contributed by atoms with Gasteiger partial charge in [0.2, 0.25) is 0 Å². The molecule has 1 aliphatic rings. The maximum absolute atomic E-state index is 13.6. The lowest BCUT2D eigenvalue weighted by molar-refractivity contribution is -0.138. The number of rotatable bonds is 7. The molecular formula is C22H21ClF3N3O2. The Labute approximate surface area is 183 Å². The SMILES string of the molecule is N#Cc1ccc(N(Cc2ccccc2C(F)(F)F)[C@@]2(C(=O)CCO)CCNC2)cc1Cl. The number of carbonyl (C=O) groups is 1. The maximum Gasteiger partial charge on any atom is 0.416 e. The fourth-order valence-electron chi connectivity index (χ4n) is 3.99. The smallest absolute Gasteiger partial charge is 0.396 e. The first-order valence-electron chi connectivity index (χ1n) is 9.70. The summed E-state index contributed by atoms with van der Waals surface area (Å²) in [5.74, 6) is -0.273. The summed E-state index contributed by atoms with van der Waals surface area (Å²) < 4.78 is 40.9. The summed E-state index contributed by atoms with van der Waals surface area (Å²) >= 11 is 6.20. The largest absolute Gasteiger partial charge is 0.416 e. The van der Waals surface area contributed by atoms with Gasteiger partial charge in [-0.25, -0.2) is 0 Å². The summed E-state index contributed by atoms with van der Waals surface area (Å²) in [6.45, 7) is 0.161. The van der Waals surface area contributed by atoms with E-state index in [1.54, 1.807) is 11.0 Å². The van der Waals surface area contributed by atoms with E-state index in [2.05, 4.69) is 5.32 Å². The van der Waals surface area contributed by atoms with Crippen LogP contribution < -0.4 is 10.2 Å². The molecule has 1 fully saturated rings. The van der Waals surface area contributed by atoms with Gasteiger partial charge in [0.05, 0.1) is 22.8 Å². The lowest BCUT2D eigenvalue weighted by Crippen LogP contribution is -2.56. The number of ketones is 1. The number of Topliss-reactive ketones (excluding diaryl/α,β-unsaturated/α-hetero) is 1. The molecule has 1 atom stereocenters. The monoisotopic (exact) mass is 451 g/mol. The van der Waals surface area contributed by atoms with Crippen LogP contribution in [0, 0.1) is 11.3 Å². The molecule has 0 bridgehead atoms. The molecule has 0 radical (unpaired) electrons. The predicted molar refractivity (Wildman–Crippen MR) is 111 cm³/mol. The van der Waals surface area contributed by atoms with E-state index in [0.717, 1.165) is 6.07 Å². The fraction of sp³-hybridized carbons (Fsp3) is 0.364. The standard InChI is InChI=1S/C22H21ClF3N3O2/c23-19-11-17(6-5-15(19)12-27)29(21(8-9-28-14-21)20(31)7-10-30)13-16-3-1-2-4-18(16)22(24,25)26/h1-6,11,28,30H,7-10,13-14H2/t21-/m0/s1. The van der Waals surface area contributed by atoms with Gasteiger partial charge in [0.25, 0.3) is 0 Å². The summed E-state index contributed by atoms with van der Waals surface area (Å²) in [7, 11) is 0. The Hall–Kier alpha value is -2.60. The van der Waals surface area contributed by atoms with Crippen molar-refractivity contribution in [2.45, 2.75) is 31.1 Å². The Morgan fingerprint density at radius 3 is 2.61 bits per heavy atom. The van der Waals surface area contributed by atoms with Gasteiger partial charge >= 0.3 is 6.18 Å². The highest BCUT2D eigenvalue weighted by molar-refractivity contribution is 6.32. The van der Waals surface area contributed by atoms with Gasteiger partial charge in [-0.1, -0.05) is 29.8 Å². The van der Waals surface area contributed by atoms with Crippen molar-refractivity contribution in [3.63, 3.8) is 0 Å². The lowest BCUT2D eigenvalue weighted by Gasteiger charge is -2.42. The third-order valence-corrected chi connectivity index (χ3v) is 5.86. The quantitative estimate of drug-likeness (QED) is 0.667. The van der Waals surface area contributed by atoms with E-state index in [-0.39, 0.29) is 48.0 Å². The van der Waals surface area contributed by atoms with E-state index in [9.17, 15) is 23.1 Å². The summed E-state index contributed by atoms with van der Waals surface area (Å²) in [5.41, 5.74) is -1.27. The van der Waals surface area contributed by atoms with Crippen molar-refractivity contribution in [3.05, 3.63) is 64.2 Å². The Balaban J connectivity index is 2.15. The number of benzene rings is 2. The highest BCUT2D eigenvalue weighted by atomic mass is 35.5. The van der Waals surface area contributed by atoms with E-state index in [1.165, 1.54) is 30.3 Å². The van der Waals surface area contributed by atoms with Crippen molar-refractivity contribution in [2.24, 2.45) is 0 Å². The molecule has 1 saturated heterocycles. The number of halogens is 4. The normalized spacial score (nSPS) is 18.6. The molecule has 0 unspecified atom stereocenters. The number of nitriles is 1. The Morgan fingerprint density at radius 2 is 2.03 bits per heavy atom. The third kappa shape index (κ3) is 4.69. The zero-order valence-electron chi connectivity index (χ0n) is 16.5. The molecule has 3 rings (SSSR count). The van der Waals surface area contributed by atoms with Crippen molar-refractivity contribution in [1.29, 1.82) is 5.26 Å². The van der Waals surface area contributed by atoms with Crippen LogP contribution in [0.4, 0.5) is 18.9 Å². The zero-order valence-corrected chi connectivity index (χ0v) is 17.3. The molecule has 164 valence electrons. The van der Waals surface area contributed by atoms with Crippen molar-refractivity contribution < 1.29 is 23.1 Å². The Morgan fingerprint density at radius 1 is 1.29 bits per heavy atom. The van der Waals surface area contributed by atoms with Crippen LogP contribution in [0.1, 0.15) is 29.5 Å². The van der Waals surface area contributed by atoms with Crippen molar-refractivity contribution in [2.75, 3.05) is 24.6 Å². The molecule has 0 amide bonds. The molecule has 5 nitrogen and oxygen atoms in total. The number of anilines is 1. The second kappa shape index (κ2) is 9.27. The second-order valence-corrected chi connectivity index (χ2v) is 7.78. The van der Waals surface area contributed by atoms with Gasteiger partial charge in [0, 0.05) is 25.2 Å². The number of hydrogen-bond donors (Lipinski definition) is 2. The maximum atomic E-state index is 13.6. The van der Waals surface area contributed by atoms with E-state index in [1.807, 2.05) is 6.07 Å². The molecule has 2 N–H and O–H groups in total. The minimum absolute atomic E-state index is 0.0126.